The molecule has 260 valence electrons. The highest BCUT2D eigenvalue weighted by molar-refractivity contribution is 6.31. The molecule has 5 aromatic rings. The Morgan fingerprint density at radius 1 is 1.12 bits per heavy atom. The van der Waals surface area contributed by atoms with E-state index in [1.165, 1.54) is 35.2 Å². The Morgan fingerprint density at radius 2 is 1.92 bits per heavy atom. The van der Waals surface area contributed by atoms with Gasteiger partial charge in [-0.3, -0.25) is 24.1 Å². The van der Waals surface area contributed by atoms with Crippen LogP contribution in [0.5, 0.6) is 0 Å². The number of amides is 1. The normalized spacial score (nSPS) is 16.6. The number of fused-ring (bicyclic) bond motifs is 4. The number of nitrogens with two attached hydrogens (primary N) is 2. The molecule has 16 heteroatoms. The maximum atomic E-state index is 13.8. The summed E-state index contributed by atoms with van der Waals surface area (Å²) < 4.78 is 42.4. The number of hydrogen-bond acceptors (Lipinski definition) is 9. The molecule has 12 nitrogen and oxygen atoms in total. The summed E-state index contributed by atoms with van der Waals surface area (Å²) >= 11 is 6.23. The molecular formula is C35H30ClF3N10O2. The summed E-state index contributed by atoms with van der Waals surface area (Å²) in [5, 5.41) is 18.1. The van der Waals surface area contributed by atoms with Crippen LogP contribution in [-0.4, -0.2) is 36.4 Å². The number of aromatic nitrogens is 5. The first-order chi connectivity index (χ1) is 24.3. The fourth-order valence-electron chi connectivity index (χ4n) is 5.76. The van der Waals surface area contributed by atoms with E-state index < -0.39 is 23.5 Å². The van der Waals surface area contributed by atoms with Gasteiger partial charge in [-0.2, -0.15) is 23.5 Å². The molecule has 2 aromatic carbocycles. The van der Waals surface area contributed by atoms with Crippen LogP contribution in [0.25, 0.3) is 28.2 Å². The number of benzene rings is 2. The Kier molecular flexibility index (Phi) is 9.64. The van der Waals surface area contributed by atoms with Crippen molar-refractivity contribution in [3.05, 3.63) is 118 Å². The largest absolute Gasteiger partial charge is 0.432 e. The lowest BCUT2D eigenvalue weighted by Gasteiger charge is -2.22. The molecule has 5 N–H and O–H groups in total. The molecule has 2 atom stereocenters. The van der Waals surface area contributed by atoms with Crippen molar-refractivity contribution in [2.45, 2.75) is 38.4 Å². The van der Waals surface area contributed by atoms with Crippen molar-refractivity contribution in [1.82, 2.24) is 24.3 Å². The van der Waals surface area contributed by atoms with Gasteiger partial charge >= 0.3 is 6.18 Å². The molecule has 0 fully saturated rings. The van der Waals surface area contributed by atoms with E-state index in [0.717, 1.165) is 0 Å². The van der Waals surface area contributed by atoms with Gasteiger partial charge in [0.25, 0.3) is 5.56 Å². The predicted octanol–water partition coefficient (Wildman–Crippen LogP) is 6.07. The Balaban J connectivity index is 1.41. The van der Waals surface area contributed by atoms with Crippen molar-refractivity contribution in [1.29, 1.82) is 5.26 Å². The van der Waals surface area contributed by atoms with Crippen LogP contribution < -0.4 is 27.5 Å². The van der Waals surface area contributed by atoms with E-state index in [1.807, 2.05) is 6.92 Å². The molecule has 0 radical (unpaired) electrons. The molecular weight excluding hydrogens is 685 g/mol. The lowest BCUT2D eigenvalue weighted by atomic mass is 9.97. The Labute approximate surface area is 294 Å². The number of pyridine rings is 1. The van der Waals surface area contributed by atoms with Crippen LogP contribution in [0, 0.1) is 17.2 Å². The summed E-state index contributed by atoms with van der Waals surface area (Å²) in [5.74, 6) is 5.37. The fourth-order valence-corrected chi connectivity index (χ4v) is 5.94. The number of allylic oxidation sites excluding steroid dienone is 1. The van der Waals surface area contributed by atoms with Crippen molar-refractivity contribution in [2.24, 2.45) is 17.5 Å². The Bertz CT molecular complexity index is 2260. The standard InChI is InChI=1S/C35H30ClF3N10O2/c1-20-4-2-7-30(47-19-44-26(15-32(47)50)25-14-23(36)8-9-29(25)48(42)18-31(41)35(37,38)39)27-13-22(10-11-43-27)33-28(45-34(20)51)17-49(46-33)24-6-3-5-21(12-24)16-40/h3,5-6,8-15,17-20,30H,2,4,7,41-42H2,1H3,(H,45,51)/b31-18-. The number of halogens is 4. The number of carbonyl (C=O) groups excluding carboxylic acids is 1. The third-order valence-corrected chi connectivity index (χ3v) is 8.70. The van der Waals surface area contributed by atoms with E-state index in [2.05, 4.69) is 21.4 Å². The number of hydrazine groups is 1. The molecule has 0 aliphatic carbocycles. The molecule has 0 saturated carbocycles. The molecule has 0 saturated heterocycles. The van der Waals surface area contributed by atoms with Gasteiger partial charge < -0.3 is 11.1 Å². The number of nitriles is 1. The van der Waals surface area contributed by atoms with Crippen LogP contribution >= 0.6 is 11.6 Å². The van der Waals surface area contributed by atoms with Gasteiger partial charge in [0, 0.05) is 40.5 Å². The minimum Gasteiger partial charge on any atom is -0.393 e. The van der Waals surface area contributed by atoms with Crippen molar-refractivity contribution in [3.63, 3.8) is 0 Å². The summed E-state index contributed by atoms with van der Waals surface area (Å²) in [6.07, 6.45) is 1.82. The molecule has 0 spiro atoms. The van der Waals surface area contributed by atoms with E-state index in [4.69, 9.17) is 28.3 Å². The zero-order valence-electron chi connectivity index (χ0n) is 27.0. The van der Waals surface area contributed by atoms with Crippen molar-refractivity contribution >= 4 is 28.9 Å². The molecule has 1 aliphatic rings. The average Bonchev–Trinajstić information content (AvgIpc) is 3.53. The highest BCUT2D eigenvalue weighted by Crippen LogP contribution is 2.35. The molecule has 3 aromatic heterocycles. The summed E-state index contributed by atoms with van der Waals surface area (Å²) in [6, 6.07) is 17.4. The fraction of sp³-hybridized carbons (Fsp3) is 0.200. The number of nitrogens with one attached hydrogen (secondary N) is 1. The predicted molar refractivity (Wildman–Crippen MR) is 185 cm³/mol. The summed E-state index contributed by atoms with van der Waals surface area (Å²) in [6.45, 7) is 1.82. The lowest BCUT2D eigenvalue weighted by molar-refractivity contribution is -0.119. The Morgan fingerprint density at radius 3 is 2.67 bits per heavy atom. The van der Waals surface area contributed by atoms with Gasteiger partial charge in [-0.05, 0) is 61.4 Å². The second-order valence-corrected chi connectivity index (χ2v) is 12.4. The first-order valence-corrected chi connectivity index (χ1v) is 16.0. The second-order valence-electron chi connectivity index (χ2n) is 12.0. The van der Waals surface area contributed by atoms with Gasteiger partial charge in [-0.25, -0.2) is 15.5 Å². The van der Waals surface area contributed by atoms with E-state index >= 15 is 0 Å². The quantitative estimate of drug-likeness (QED) is 0.144. The molecule has 2 unspecified atom stereocenters. The van der Waals surface area contributed by atoms with E-state index in [-0.39, 0.29) is 33.8 Å². The first-order valence-electron chi connectivity index (χ1n) is 15.7. The van der Waals surface area contributed by atoms with Crippen LogP contribution in [0.4, 0.5) is 24.5 Å². The monoisotopic (exact) mass is 714 g/mol. The molecule has 2 bridgehead atoms. The number of rotatable bonds is 5. The smallest absolute Gasteiger partial charge is 0.393 e. The van der Waals surface area contributed by atoms with Gasteiger partial charge in [0.1, 0.15) is 11.4 Å². The van der Waals surface area contributed by atoms with E-state index in [0.29, 0.717) is 64.4 Å². The van der Waals surface area contributed by atoms with Crippen LogP contribution in [0.15, 0.2) is 96.1 Å². The van der Waals surface area contributed by atoms with Crippen molar-refractivity contribution < 1.29 is 18.0 Å². The second kappa shape index (κ2) is 14.1. The number of nitrogens with zero attached hydrogens (tertiary/aromatic N) is 7. The number of alkyl halides is 3. The van der Waals surface area contributed by atoms with Gasteiger partial charge in [0.2, 0.25) is 5.91 Å². The zero-order chi connectivity index (χ0) is 36.4. The number of carbonyl (C=O) groups is 1. The minimum atomic E-state index is -4.81. The third kappa shape index (κ3) is 7.47. The SMILES string of the molecule is CC1CCCC(n2cnc(-c3cc(Cl)ccc3N(N)/C=C(\N)C(F)(F)F)cc2=O)c2cc(ccn2)-c2nn(-c3cccc(C#N)c3)cc2NC1=O. The van der Waals surface area contributed by atoms with Crippen LogP contribution in [-0.2, 0) is 4.79 Å². The summed E-state index contributed by atoms with van der Waals surface area (Å²) in [5.41, 5.74) is 6.81. The van der Waals surface area contributed by atoms with Gasteiger partial charge in [0.15, 0.2) is 0 Å². The highest BCUT2D eigenvalue weighted by Gasteiger charge is 2.32. The van der Waals surface area contributed by atoms with Gasteiger partial charge in [0.05, 0.1) is 58.6 Å². The number of anilines is 2. The first kappa shape index (κ1) is 34.9. The summed E-state index contributed by atoms with van der Waals surface area (Å²) in [4.78, 5) is 36.2. The number of hydrogen-bond donors (Lipinski definition) is 3. The third-order valence-electron chi connectivity index (χ3n) is 8.46. The van der Waals surface area contributed by atoms with E-state index in [9.17, 15) is 28.0 Å². The maximum absolute atomic E-state index is 13.8. The van der Waals surface area contributed by atoms with Crippen molar-refractivity contribution in [2.75, 3.05) is 10.3 Å². The minimum absolute atomic E-state index is 0.0680. The maximum Gasteiger partial charge on any atom is 0.432 e. The molecule has 1 amide bonds. The molecule has 51 heavy (non-hydrogen) atoms. The molecule has 6 rings (SSSR count). The van der Waals surface area contributed by atoms with E-state index in [1.54, 1.807) is 53.5 Å². The van der Waals surface area contributed by atoms with Crippen LogP contribution in [0.1, 0.15) is 43.5 Å². The lowest BCUT2D eigenvalue weighted by Crippen LogP contribution is -2.30. The Hall–Kier alpha value is -5.98. The van der Waals surface area contributed by atoms with Gasteiger partial charge in [-0.1, -0.05) is 31.0 Å². The topological polar surface area (TPSA) is 174 Å². The highest BCUT2D eigenvalue weighted by atomic mass is 35.5. The molecule has 1 aliphatic heterocycles. The average molecular weight is 715 g/mol. The molecule has 4 heterocycles. The van der Waals surface area contributed by atoms with Crippen LogP contribution in [0.3, 0.4) is 0 Å². The zero-order valence-corrected chi connectivity index (χ0v) is 27.7. The van der Waals surface area contributed by atoms with Crippen LogP contribution in [0.2, 0.25) is 5.02 Å². The summed E-state index contributed by atoms with van der Waals surface area (Å²) in [7, 11) is 0. The van der Waals surface area contributed by atoms with Crippen molar-refractivity contribution in [3.8, 4) is 34.3 Å². The van der Waals surface area contributed by atoms with Gasteiger partial charge in [-0.15, -0.1) is 0 Å².